The van der Waals surface area contributed by atoms with E-state index in [1.807, 2.05) is 0 Å². The molecule has 2 N–H and O–H groups in total. The quantitative estimate of drug-likeness (QED) is 0.689. The molecule has 1 aromatic heterocycles. The molecule has 1 heterocycles. The van der Waals surface area contributed by atoms with Crippen molar-refractivity contribution >= 4 is 0 Å². The summed E-state index contributed by atoms with van der Waals surface area (Å²) in [6.45, 7) is 7.12. The number of hydrogen-bond donors (Lipinski definition) is 2. The molecular formula is C9H16N4. The molecule has 0 saturated carbocycles. The number of likely N-dealkylation sites (N-methyl/N-ethyl adjacent to an activating group) is 1. The number of hydrogen-bond acceptors (Lipinski definition) is 3. The lowest BCUT2D eigenvalue weighted by Crippen LogP contribution is -2.20. The molecule has 1 atom stereocenters. The lowest BCUT2D eigenvalue weighted by Gasteiger charge is -2.10. The largest absolute Gasteiger partial charge is 0.304 e. The van der Waals surface area contributed by atoms with Crippen molar-refractivity contribution in [3.05, 3.63) is 23.8 Å². The lowest BCUT2D eigenvalue weighted by atomic mass is 10.2. The summed E-state index contributed by atoms with van der Waals surface area (Å²) >= 11 is 0. The number of allylic oxidation sites excluding steroid dienone is 1. The van der Waals surface area contributed by atoms with Gasteiger partial charge >= 0.3 is 0 Å². The van der Waals surface area contributed by atoms with E-state index < -0.39 is 0 Å². The number of nitrogens with one attached hydrogen (secondary N) is 2. The van der Waals surface area contributed by atoms with Gasteiger partial charge in [0.2, 0.25) is 0 Å². The summed E-state index contributed by atoms with van der Waals surface area (Å²) in [7, 11) is 0. The van der Waals surface area contributed by atoms with Crippen LogP contribution in [0.2, 0.25) is 0 Å². The van der Waals surface area contributed by atoms with Crippen LogP contribution >= 0.6 is 0 Å². The third kappa shape index (κ3) is 2.99. The zero-order valence-corrected chi connectivity index (χ0v) is 8.33. The van der Waals surface area contributed by atoms with Gasteiger partial charge in [-0.05, 0) is 20.4 Å². The average molecular weight is 180 g/mol. The molecule has 0 radical (unpaired) electrons. The Bertz CT molecular complexity index is 259. The van der Waals surface area contributed by atoms with Crippen molar-refractivity contribution in [3.63, 3.8) is 0 Å². The number of aromatic nitrogens is 3. The van der Waals surface area contributed by atoms with Crippen LogP contribution in [0.25, 0.3) is 0 Å². The van der Waals surface area contributed by atoms with Crippen molar-refractivity contribution in [2.45, 2.75) is 26.8 Å². The van der Waals surface area contributed by atoms with Crippen molar-refractivity contribution in [1.82, 2.24) is 20.5 Å². The van der Waals surface area contributed by atoms with E-state index in [9.17, 15) is 0 Å². The van der Waals surface area contributed by atoms with Gasteiger partial charge < -0.3 is 5.32 Å². The van der Waals surface area contributed by atoms with E-state index in [2.05, 4.69) is 47.3 Å². The first-order valence-electron chi connectivity index (χ1n) is 4.47. The molecule has 0 aromatic carbocycles. The van der Waals surface area contributed by atoms with Gasteiger partial charge in [-0.25, -0.2) is 4.98 Å². The van der Waals surface area contributed by atoms with Crippen molar-refractivity contribution in [3.8, 4) is 0 Å². The minimum atomic E-state index is 0.150. The Balaban J connectivity index is 2.74. The topological polar surface area (TPSA) is 53.6 Å². The van der Waals surface area contributed by atoms with Crippen LogP contribution in [-0.2, 0) is 0 Å². The van der Waals surface area contributed by atoms with Gasteiger partial charge in [0.05, 0.1) is 6.04 Å². The van der Waals surface area contributed by atoms with Crippen molar-refractivity contribution in [2.75, 3.05) is 6.54 Å². The first-order valence-corrected chi connectivity index (χ1v) is 4.47. The van der Waals surface area contributed by atoms with E-state index in [1.165, 1.54) is 11.9 Å². The molecule has 0 aliphatic rings. The standard InChI is InChI=1S/C9H16N4/c1-4-10-8(5-7(2)3)9-11-6-12-13-9/h5-6,8,10H,4H2,1-3H3,(H,11,12,13). The molecule has 4 nitrogen and oxygen atoms in total. The fourth-order valence-electron chi connectivity index (χ4n) is 1.15. The first kappa shape index (κ1) is 9.92. The highest BCUT2D eigenvalue weighted by atomic mass is 15.2. The van der Waals surface area contributed by atoms with Gasteiger partial charge in [-0.15, -0.1) is 0 Å². The lowest BCUT2D eigenvalue weighted by molar-refractivity contribution is 0.613. The highest BCUT2D eigenvalue weighted by molar-refractivity contribution is 5.08. The number of nitrogens with zero attached hydrogens (tertiary/aromatic N) is 2. The molecule has 72 valence electrons. The summed E-state index contributed by atoms with van der Waals surface area (Å²) in [5.41, 5.74) is 1.27. The Morgan fingerprint density at radius 3 is 2.92 bits per heavy atom. The molecule has 0 aliphatic heterocycles. The van der Waals surface area contributed by atoms with Crippen LogP contribution < -0.4 is 5.32 Å². The summed E-state index contributed by atoms with van der Waals surface area (Å²) in [5, 5.41) is 9.99. The number of rotatable bonds is 4. The van der Waals surface area contributed by atoms with Gasteiger partial charge in [0.1, 0.15) is 12.2 Å². The first-order chi connectivity index (χ1) is 6.24. The van der Waals surface area contributed by atoms with Crippen LogP contribution in [-0.4, -0.2) is 21.7 Å². The summed E-state index contributed by atoms with van der Waals surface area (Å²) in [6, 6.07) is 0.150. The SMILES string of the molecule is CCNC(C=C(C)C)c1ncn[nH]1. The summed E-state index contributed by atoms with van der Waals surface area (Å²) in [6.07, 6.45) is 3.66. The van der Waals surface area contributed by atoms with Crippen LogP contribution in [0.3, 0.4) is 0 Å². The molecule has 0 aliphatic carbocycles. The molecule has 0 bridgehead atoms. The second-order valence-electron chi connectivity index (χ2n) is 3.15. The Labute approximate surface area is 78.5 Å². The zero-order chi connectivity index (χ0) is 9.68. The van der Waals surface area contributed by atoms with Gasteiger partial charge in [0.15, 0.2) is 0 Å². The van der Waals surface area contributed by atoms with Crippen molar-refractivity contribution in [1.29, 1.82) is 0 Å². The summed E-state index contributed by atoms with van der Waals surface area (Å²) in [4.78, 5) is 4.11. The van der Waals surface area contributed by atoms with Crippen LogP contribution in [0.4, 0.5) is 0 Å². The second-order valence-corrected chi connectivity index (χ2v) is 3.15. The maximum absolute atomic E-state index is 4.11. The highest BCUT2D eigenvalue weighted by Gasteiger charge is 2.08. The van der Waals surface area contributed by atoms with Gasteiger partial charge in [-0.3, -0.25) is 5.10 Å². The Hall–Kier alpha value is -1.16. The highest BCUT2D eigenvalue weighted by Crippen LogP contribution is 2.09. The van der Waals surface area contributed by atoms with E-state index in [0.717, 1.165) is 12.4 Å². The van der Waals surface area contributed by atoms with Crippen LogP contribution in [0.5, 0.6) is 0 Å². The fourth-order valence-corrected chi connectivity index (χ4v) is 1.15. The van der Waals surface area contributed by atoms with Crippen molar-refractivity contribution in [2.24, 2.45) is 0 Å². The van der Waals surface area contributed by atoms with Gasteiger partial charge in [0.25, 0.3) is 0 Å². The molecule has 13 heavy (non-hydrogen) atoms. The molecule has 0 amide bonds. The van der Waals surface area contributed by atoms with Gasteiger partial charge in [-0.1, -0.05) is 18.6 Å². The monoisotopic (exact) mass is 180 g/mol. The minimum Gasteiger partial charge on any atom is -0.304 e. The molecule has 4 heteroatoms. The van der Waals surface area contributed by atoms with Crippen LogP contribution in [0.1, 0.15) is 32.6 Å². The van der Waals surface area contributed by atoms with Crippen molar-refractivity contribution < 1.29 is 0 Å². The predicted molar refractivity (Wildman–Crippen MR) is 52.2 cm³/mol. The molecular weight excluding hydrogens is 164 g/mol. The van der Waals surface area contributed by atoms with E-state index in [-0.39, 0.29) is 6.04 Å². The maximum Gasteiger partial charge on any atom is 0.145 e. The third-order valence-electron chi connectivity index (χ3n) is 1.65. The Morgan fingerprint density at radius 2 is 2.46 bits per heavy atom. The maximum atomic E-state index is 4.11. The number of aromatic amines is 1. The number of H-pyrrole nitrogens is 1. The van der Waals surface area contributed by atoms with Gasteiger partial charge in [0, 0.05) is 0 Å². The average Bonchev–Trinajstić information content (AvgIpc) is 2.54. The second kappa shape index (κ2) is 4.77. The van der Waals surface area contributed by atoms with Crippen LogP contribution in [0, 0.1) is 0 Å². The third-order valence-corrected chi connectivity index (χ3v) is 1.65. The summed E-state index contributed by atoms with van der Waals surface area (Å²) in [5.74, 6) is 0.864. The predicted octanol–water partition coefficient (Wildman–Crippen LogP) is 1.42. The molecule has 0 saturated heterocycles. The smallest absolute Gasteiger partial charge is 0.145 e. The molecule has 1 unspecified atom stereocenters. The van der Waals surface area contributed by atoms with Crippen LogP contribution in [0.15, 0.2) is 18.0 Å². The van der Waals surface area contributed by atoms with E-state index in [1.54, 1.807) is 0 Å². The summed E-state index contributed by atoms with van der Waals surface area (Å²) < 4.78 is 0. The molecule has 0 fully saturated rings. The molecule has 1 aromatic rings. The Kier molecular flexibility index (Phi) is 3.64. The van der Waals surface area contributed by atoms with E-state index >= 15 is 0 Å². The van der Waals surface area contributed by atoms with Gasteiger partial charge in [-0.2, -0.15) is 5.10 Å². The normalized spacial score (nSPS) is 12.5. The Morgan fingerprint density at radius 1 is 1.69 bits per heavy atom. The fraction of sp³-hybridized carbons (Fsp3) is 0.556. The zero-order valence-electron chi connectivity index (χ0n) is 8.33. The molecule has 1 rings (SSSR count). The molecule has 0 spiro atoms. The van der Waals surface area contributed by atoms with E-state index in [0.29, 0.717) is 0 Å². The minimum absolute atomic E-state index is 0.150. The van der Waals surface area contributed by atoms with E-state index in [4.69, 9.17) is 0 Å².